The van der Waals surface area contributed by atoms with Crippen molar-refractivity contribution in [3.05, 3.63) is 77.1 Å². The van der Waals surface area contributed by atoms with E-state index in [0.717, 1.165) is 22.6 Å². The van der Waals surface area contributed by atoms with Gasteiger partial charge in [0.25, 0.3) is 5.91 Å². The molecule has 0 aliphatic rings. The minimum atomic E-state index is -0.175. The van der Waals surface area contributed by atoms with E-state index in [-0.39, 0.29) is 5.91 Å². The number of hydrogen-bond donors (Lipinski definition) is 1. The van der Waals surface area contributed by atoms with Crippen molar-refractivity contribution in [1.82, 2.24) is 9.97 Å². The molecule has 0 aliphatic carbocycles. The van der Waals surface area contributed by atoms with Crippen LogP contribution < -0.4 is 10.2 Å². The predicted octanol–water partition coefficient (Wildman–Crippen LogP) is 4.42. The number of rotatable bonds is 4. The molecule has 0 saturated heterocycles. The second kappa shape index (κ2) is 7.35. The Balaban J connectivity index is 1.90. The Morgan fingerprint density at radius 3 is 2.42 bits per heavy atom. The summed E-state index contributed by atoms with van der Waals surface area (Å²) in [5.41, 5.74) is 5.16. The fourth-order valence-corrected chi connectivity index (χ4v) is 2.68. The third kappa shape index (κ3) is 3.72. The highest BCUT2D eigenvalue weighted by molar-refractivity contribution is 6.04. The van der Waals surface area contributed by atoms with E-state index in [2.05, 4.69) is 28.3 Å². The van der Waals surface area contributed by atoms with Crippen LogP contribution in [0.4, 0.5) is 17.3 Å². The molecule has 5 heteroatoms. The summed E-state index contributed by atoms with van der Waals surface area (Å²) >= 11 is 0. The van der Waals surface area contributed by atoms with E-state index in [0.29, 0.717) is 11.6 Å². The summed E-state index contributed by atoms with van der Waals surface area (Å²) in [7, 11) is 1.74. The average Bonchev–Trinajstić information content (AvgIpc) is 2.64. The number of hydrogen-bond acceptors (Lipinski definition) is 4. The van der Waals surface area contributed by atoms with Crippen LogP contribution >= 0.6 is 0 Å². The molecule has 132 valence electrons. The molecule has 3 rings (SSSR count). The Morgan fingerprint density at radius 2 is 1.69 bits per heavy atom. The van der Waals surface area contributed by atoms with E-state index in [9.17, 15) is 4.79 Å². The number of carbonyl (C=O) groups excluding carboxylic acids is 1. The van der Waals surface area contributed by atoms with Crippen LogP contribution in [0.5, 0.6) is 0 Å². The van der Waals surface area contributed by atoms with Crippen LogP contribution in [0.3, 0.4) is 0 Å². The zero-order valence-corrected chi connectivity index (χ0v) is 15.4. The van der Waals surface area contributed by atoms with E-state index in [1.54, 1.807) is 18.0 Å². The lowest BCUT2D eigenvalue weighted by Gasteiger charge is -2.17. The summed E-state index contributed by atoms with van der Waals surface area (Å²) in [4.78, 5) is 23.3. The smallest absolute Gasteiger partial charge is 0.276 e. The minimum absolute atomic E-state index is 0.175. The van der Waals surface area contributed by atoms with Crippen LogP contribution in [-0.4, -0.2) is 22.9 Å². The summed E-state index contributed by atoms with van der Waals surface area (Å²) < 4.78 is 0. The average molecular weight is 346 g/mol. The zero-order valence-electron chi connectivity index (χ0n) is 15.4. The molecule has 0 fully saturated rings. The number of aromatic nitrogens is 2. The predicted molar refractivity (Wildman–Crippen MR) is 105 cm³/mol. The summed E-state index contributed by atoms with van der Waals surface area (Å²) in [5, 5.41) is 3.23. The van der Waals surface area contributed by atoms with Crippen molar-refractivity contribution in [2.45, 2.75) is 20.8 Å². The van der Waals surface area contributed by atoms with Crippen molar-refractivity contribution in [2.24, 2.45) is 0 Å². The van der Waals surface area contributed by atoms with Gasteiger partial charge >= 0.3 is 0 Å². The number of para-hydroxylation sites is 1. The number of nitrogens with one attached hydrogen (secondary N) is 1. The maximum absolute atomic E-state index is 12.8. The second-order valence-electron chi connectivity index (χ2n) is 6.29. The van der Waals surface area contributed by atoms with Crippen LogP contribution in [0, 0.1) is 20.8 Å². The fraction of sp³-hybridized carbons (Fsp3) is 0.190. The highest BCUT2D eigenvalue weighted by Crippen LogP contribution is 2.22. The largest absolute Gasteiger partial charge is 0.324 e. The van der Waals surface area contributed by atoms with Gasteiger partial charge in [0.1, 0.15) is 5.69 Å². The van der Waals surface area contributed by atoms with Gasteiger partial charge < -0.3 is 10.2 Å². The van der Waals surface area contributed by atoms with Crippen LogP contribution in [0.15, 0.2) is 54.6 Å². The molecule has 2 aromatic carbocycles. The molecule has 0 spiro atoms. The molecule has 1 N–H and O–H groups in total. The number of anilines is 3. The zero-order chi connectivity index (χ0) is 18.7. The van der Waals surface area contributed by atoms with Gasteiger partial charge in [0.05, 0.1) is 0 Å². The summed E-state index contributed by atoms with van der Waals surface area (Å²) in [6, 6.07) is 17.2. The van der Waals surface area contributed by atoms with Crippen LogP contribution in [-0.2, 0) is 0 Å². The molecule has 0 unspecified atom stereocenters. The lowest BCUT2D eigenvalue weighted by atomic mass is 10.1. The van der Waals surface area contributed by atoms with Gasteiger partial charge in [0.2, 0.25) is 5.95 Å². The van der Waals surface area contributed by atoms with Crippen LogP contribution in [0.25, 0.3) is 0 Å². The van der Waals surface area contributed by atoms with Crippen molar-refractivity contribution < 1.29 is 4.79 Å². The maximum atomic E-state index is 12.8. The first-order valence-corrected chi connectivity index (χ1v) is 8.48. The quantitative estimate of drug-likeness (QED) is 0.759. The third-order valence-electron chi connectivity index (χ3n) is 4.37. The first-order valence-electron chi connectivity index (χ1n) is 8.48. The molecular formula is C21H22N4O. The minimum Gasteiger partial charge on any atom is -0.324 e. The lowest BCUT2D eigenvalue weighted by molar-refractivity contribution is 0.0988. The molecule has 1 amide bonds. The summed E-state index contributed by atoms with van der Waals surface area (Å²) in [6.45, 7) is 5.96. The van der Waals surface area contributed by atoms with Crippen molar-refractivity contribution in [3.63, 3.8) is 0 Å². The van der Waals surface area contributed by atoms with Gasteiger partial charge in [-0.2, -0.15) is 0 Å². The van der Waals surface area contributed by atoms with Gasteiger partial charge in [0, 0.05) is 24.1 Å². The molecule has 0 atom stereocenters. The standard InChI is InChI=1S/C21H22N4O/c1-14-9-8-12-18(16(14)3)23-21-22-15(2)13-19(24-21)20(26)25(4)17-10-6-5-7-11-17/h5-13H,1-4H3,(H,22,23,24). The first-order chi connectivity index (χ1) is 12.5. The summed E-state index contributed by atoms with van der Waals surface area (Å²) in [5.74, 6) is 0.245. The number of carbonyl (C=O) groups is 1. The van der Waals surface area contributed by atoms with E-state index < -0.39 is 0 Å². The van der Waals surface area contributed by atoms with Gasteiger partial charge in [-0.3, -0.25) is 4.79 Å². The van der Waals surface area contributed by atoms with Gasteiger partial charge in [-0.25, -0.2) is 9.97 Å². The lowest BCUT2D eigenvalue weighted by Crippen LogP contribution is -2.27. The first kappa shape index (κ1) is 17.6. The Labute approximate surface area is 153 Å². The van der Waals surface area contributed by atoms with Crippen LogP contribution in [0.2, 0.25) is 0 Å². The van der Waals surface area contributed by atoms with Crippen molar-refractivity contribution in [1.29, 1.82) is 0 Å². The SMILES string of the molecule is Cc1cc(C(=O)N(C)c2ccccc2)nc(Nc2cccc(C)c2C)n1. The number of amides is 1. The van der Waals surface area contributed by atoms with Gasteiger partial charge in [0.15, 0.2) is 0 Å². The molecule has 3 aromatic rings. The molecule has 1 aromatic heterocycles. The van der Waals surface area contributed by atoms with Gasteiger partial charge in [-0.1, -0.05) is 30.3 Å². The van der Waals surface area contributed by atoms with Gasteiger partial charge in [-0.05, 0) is 56.2 Å². The van der Waals surface area contributed by atoms with E-state index in [1.165, 1.54) is 5.56 Å². The molecule has 26 heavy (non-hydrogen) atoms. The Hall–Kier alpha value is -3.21. The van der Waals surface area contributed by atoms with Crippen molar-refractivity contribution >= 4 is 23.2 Å². The molecule has 0 bridgehead atoms. The maximum Gasteiger partial charge on any atom is 0.276 e. The molecule has 0 aliphatic heterocycles. The molecular weight excluding hydrogens is 324 g/mol. The van der Waals surface area contributed by atoms with Crippen molar-refractivity contribution in [2.75, 3.05) is 17.3 Å². The number of benzene rings is 2. The van der Waals surface area contributed by atoms with Crippen molar-refractivity contribution in [3.8, 4) is 0 Å². The third-order valence-corrected chi connectivity index (χ3v) is 4.37. The van der Waals surface area contributed by atoms with E-state index in [1.807, 2.05) is 56.3 Å². The molecule has 1 heterocycles. The van der Waals surface area contributed by atoms with Gasteiger partial charge in [-0.15, -0.1) is 0 Å². The number of nitrogens with zero attached hydrogens (tertiary/aromatic N) is 3. The Bertz CT molecular complexity index is 938. The highest BCUT2D eigenvalue weighted by atomic mass is 16.2. The highest BCUT2D eigenvalue weighted by Gasteiger charge is 2.17. The van der Waals surface area contributed by atoms with E-state index >= 15 is 0 Å². The Kier molecular flexibility index (Phi) is 4.98. The molecule has 0 saturated carbocycles. The number of aryl methyl sites for hydroxylation is 2. The van der Waals surface area contributed by atoms with E-state index in [4.69, 9.17) is 0 Å². The fourth-order valence-electron chi connectivity index (χ4n) is 2.68. The molecule has 0 radical (unpaired) electrons. The Morgan fingerprint density at radius 1 is 0.962 bits per heavy atom. The second-order valence-corrected chi connectivity index (χ2v) is 6.29. The molecule has 5 nitrogen and oxygen atoms in total. The van der Waals surface area contributed by atoms with Crippen LogP contribution in [0.1, 0.15) is 27.3 Å². The topological polar surface area (TPSA) is 58.1 Å². The monoisotopic (exact) mass is 346 g/mol. The summed E-state index contributed by atoms with van der Waals surface area (Å²) in [6.07, 6.45) is 0. The normalized spacial score (nSPS) is 10.5.